The second-order valence-electron chi connectivity index (χ2n) is 4.51. The van der Waals surface area contributed by atoms with E-state index in [1.165, 1.54) is 0 Å². The van der Waals surface area contributed by atoms with Crippen molar-refractivity contribution in [3.63, 3.8) is 0 Å². The number of ether oxygens (including phenoxy) is 2. The van der Waals surface area contributed by atoms with Crippen LogP contribution < -0.4 is 14.8 Å². The average Bonchev–Trinajstić information content (AvgIpc) is 2.54. The van der Waals surface area contributed by atoms with Crippen molar-refractivity contribution in [2.24, 2.45) is 0 Å². The van der Waals surface area contributed by atoms with E-state index in [4.69, 9.17) is 14.7 Å². The number of hydrogen-bond donors (Lipinski definition) is 1. The van der Waals surface area contributed by atoms with Crippen LogP contribution in [0.3, 0.4) is 0 Å². The highest BCUT2D eigenvalue weighted by Gasteiger charge is 2.01. The Labute approximate surface area is 124 Å². The second-order valence-corrected chi connectivity index (χ2v) is 4.51. The van der Waals surface area contributed by atoms with Crippen LogP contribution in [0.4, 0.5) is 0 Å². The van der Waals surface area contributed by atoms with Gasteiger partial charge in [-0.3, -0.25) is 0 Å². The van der Waals surface area contributed by atoms with E-state index in [0.717, 1.165) is 30.0 Å². The normalized spacial score (nSPS) is 9.90. The van der Waals surface area contributed by atoms with E-state index in [2.05, 4.69) is 5.32 Å². The Morgan fingerprint density at radius 3 is 2.52 bits per heavy atom. The molecule has 2 aromatic rings. The predicted molar refractivity (Wildman–Crippen MR) is 81.1 cm³/mol. The van der Waals surface area contributed by atoms with Crippen LogP contribution >= 0.6 is 0 Å². The Balaban J connectivity index is 1.84. The third-order valence-electron chi connectivity index (χ3n) is 3.06. The number of para-hydroxylation sites is 1. The molecule has 108 valence electrons. The van der Waals surface area contributed by atoms with Gasteiger partial charge in [0, 0.05) is 18.7 Å². The summed E-state index contributed by atoms with van der Waals surface area (Å²) < 4.78 is 10.5. The van der Waals surface area contributed by atoms with Gasteiger partial charge in [0.1, 0.15) is 17.6 Å². The molecule has 0 aromatic heterocycles. The molecule has 4 nitrogen and oxygen atoms in total. The molecule has 0 heterocycles. The van der Waals surface area contributed by atoms with Crippen LogP contribution in [-0.4, -0.2) is 13.7 Å². The van der Waals surface area contributed by atoms with Gasteiger partial charge < -0.3 is 14.8 Å². The Hall–Kier alpha value is -2.51. The average molecular weight is 282 g/mol. The van der Waals surface area contributed by atoms with Crippen LogP contribution in [0.15, 0.2) is 48.5 Å². The van der Waals surface area contributed by atoms with E-state index in [-0.39, 0.29) is 6.61 Å². The summed E-state index contributed by atoms with van der Waals surface area (Å²) in [6.45, 7) is 1.58. The van der Waals surface area contributed by atoms with E-state index in [1.807, 2.05) is 54.6 Å². The minimum Gasteiger partial charge on any atom is -0.496 e. The zero-order valence-electron chi connectivity index (χ0n) is 12.0. The largest absolute Gasteiger partial charge is 0.496 e. The lowest BCUT2D eigenvalue weighted by molar-refractivity contribution is 0.368. The first-order chi connectivity index (χ1) is 10.3. The summed E-state index contributed by atoms with van der Waals surface area (Å²) in [6.07, 6.45) is 0. The maximum atomic E-state index is 8.45. The minimum absolute atomic E-state index is 0.0748. The highest BCUT2D eigenvalue weighted by atomic mass is 16.5. The van der Waals surface area contributed by atoms with Gasteiger partial charge >= 0.3 is 0 Å². The molecule has 0 bridgehead atoms. The van der Waals surface area contributed by atoms with E-state index in [1.54, 1.807) is 7.11 Å². The van der Waals surface area contributed by atoms with Crippen LogP contribution in [-0.2, 0) is 13.1 Å². The molecule has 0 saturated heterocycles. The second kappa shape index (κ2) is 7.93. The Bertz CT molecular complexity index is 603. The van der Waals surface area contributed by atoms with Gasteiger partial charge in [-0.15, -0.1) is 0 Å². The first-order valence-corrected chi connectivity index (χ1v) is 6.75. The number of rotatable bonds is 7. The highest BCUT2D eigenvalue weighted by molar-refractivity contribution is 5.33. The maximum Gasteiger partial charge on any atom is 0.174 e. The minimum atomic E-state index is 0.0748. The van der Waals surface area contributed by atoms with Crippen molar-refractivity contribution in [1.82, 2.24) is 5.32 Å². The van der Waals surface area contributed by atoms with Gasteiger partial charge in [0.2, 0.25) is 0 Å². The molecule has 0 radical (unpaired) electrons. The van der Waals surface area contributed by atoms with Crippen molar-refractivity contribution in [3.05, 3.63) is 59.7 Å². The summed E-state index contributed by atoms with van der Waals surface area (Å²) >= 11 is 0. The lowest BCUT2D eigenvalue weighted by Crippen LogP contribution is -2.13. The van der Waals surface area contributed by atoms with Gasteiger partial charge in [0.15, 0.2) is 6.61 Å². The fourth-order valence-corrected chi connectivity index (χ4v) is 2.01. The predicted octanol–water partition coefficient (Wildman–Crippen LogP) is 2.89. The molecule has 0 spiro atoms. The topological polar surface area (TPSA) is 54.3 Å². The van der Waals surface area contributed by atoms with Crippen molar-refractivity contribution in [3.8, 4) is 17.6 Å². The molecule has 0 amide bonds. The van der Waals surface area contributed by atoms with Crippen LogP contribution in [0, 0.1) is 11.3 Å². The van der Waals surface area contributed by atoms with Crippen molar-refractivity contribution in [2.45, 2.75) is 13.1 Å². The number of hydrogen-bond acceptors (Lipinski definition) is 4. The molecule has 4 heteroatoms. The summed E-state index contributed by atoms with van der Waals surface area (Å²) in [4.78, 5) is 0. The van der Waals surface area contributed by atoms with Crippen molar-refractivity contribution < 1.29 is 9.47 Å². The Kier molecular flexibility index (Phi) is 5.62. The summed E-state index contributed by atoms with van der Waals surface area (Å²) in [7, 11) is 1.68. The lowest BCUT2D eigenvalue weighted by atomic mass is 10.2. The fourth-order valence-electron chi connectivity index (χ4n) is 2.01. The zero-order valence-corrected chi connectivity index (χ0v) is 12.0. The molecular formula is C17H18N2O2. The van der Waals surface area contributed by atoms with Gasteiger partial charge in [0.05, 0.1) is 7.11 Å². The molecule has 0 fully saturated rings. The first kappa shape index (κ1) is 14.9. The number of nitriles is 1. The molecule has 21 heavy (non-hydrogen) atoms. The van der Waals surface area contributed by atoms with Gasteiger partial charge in [-0.05, 0) is 23.8 Å². The van der Waals surface area contributed by atoms with Crippen molar-refractivity contribution >= 4 is 0 Å². The molecule has 0 aliphatic rings. The van der Waals surface area contributed by atoms with Gasteiger partial charge in [-0.2, -0.15) is 5.26 Å². The maximum absolute atomic E-state index is 8.45. The highest BCUT2D eigenvalue weighted by Crippen LogP contribution is 2.17. The third-order valence-corrected chi connectivity index (χ3v) is 3.06. The number of methoxy groups -OCH3 is 1. The van der Waals surface area contributed by atoms with Crippen LogP contribution in [0.2, 0.25) is 0 Å². The Morgan fingerprint density at radius 1 is 1.05 bits per heavy atom. The monoisotopic (exact) mass is 282 g/mol. The van der Waals surface area contributed by atoms with Gasteiger partial charge in [0.25, 0.3) is 0 Å². The molecular weight excluding hydrogens is 264 g/mol. The zero-order chi connectivity index (χ0) is 14.9. The summed E-state index contributed by atoms with van der Waals surface area (Å²) in [5, 5.41) is 11.8. The van der Waals surface area contributed by atoms with E-state index in [0.29, 0.717) is 5.75 Å². The van der Waals surface area contributed by atoms with E-state index < -0.39 is 0 Å². The summed E-state index contributed by atoms with van der Waals surface area (Å²) in [5.41, 5.74) is 2.29. The molecule has 0 unspecified atom stereocenters. The van der Waals surface area contributed by atoms with Crippen molar-refractivity contribution in [1.29, 1.82) is 5.26 Å². The third kappa shape index (κ3) is 4.51. The first-order valence-electron chi connectivity index (χ1n) is 6.75. The molecule has 0 aliphatic carbocycles. The molecule has 0 aliphatic heterocycles. The van der Waals surface area contributed by atoms with Gasteiger partial charge in [-0.1, -0.05) is 30.3 Å². The molecule has 0 saturated carbocycles. The quantitative estimate of drug-likeness (QED) is 0.848. The number of nitrogens with zero attached hydrogens (tertiary/aromatic N) is 1. The standard InChI is InChI=1S/C17H18N2O2/c1-20-17-5-3-2-4-15(17)13-19-12-14-6-8-16(9-7-14)21-11-10-18/h2-9,19H,11-13H2,1H3. The van der Waals surface area contributed by atoms with E-state index >= 15 is 0 Å². The lowest BCUT2D eigenvalue weighted by Gasteiger charge is -2.10. The fraction of sp³-hybridized carbons (Fsp3) is 0.235. The molecule has 2 aromatic carbocycles. The molecule has 1 N–H and O–H groups in total. The Morgan fingerprint density at radius 2 is 1.81 bits per heavy atom. The smallest absolute Gasteiger partial charge is 0.174 e. The SMILES string of the molecule is COc1ccccc1CNCc1ccc(OCC#N)cc1. The van der Waals surface area contributed by atoms with E-state index in [9.17, 15) is 0 Å². The van der Waals surface area contributed by atoms with Gasteiger partial charge in [-0.25, -0.2) is 0 Å². The number of benzene rings is 2. The van der Waals surface area contributed by atoms with Crippen LogP contribution in [0.1, 0.15) is 11.1 Å². The number of nitrogens with one attached hydrogen (secondary N) is 1. The molecule has 0 atom stereocenters. The van der Waals surface area contributed by atoms with Crippen LogP contribution in [0.5, 0.6) is 11.5 Å². The summed E-state index contributed by atoms with van der Waals surface area (Å²) in [6, 6.07) is 17.6. The van der Waals surface area contributed by atoms with Crippen LogP contribution in [0.25, 0.3) is 0 Å². The summed E-state index contributed by atoms with van der Waals surface area (Å²) in [5.74, 6) is 1.61. The molecule has 2 rings (SSSR count). The van der Waals surface area contributed by atoms with Crippen molar-refractivity contribution in [2.75, 3.05) is 13.7 Å².